The van der Waals surface area contributed by atoms with Gasteiger partial charge in [0.05, 0.1) is 5.75 Å². The SMILES string of the molecule is Cc1ccc(SCC(=O)NC2C[C@H]3CC[C@H](C2)N3C)cc1. The van der Waals surface area contributed by atoms with Gasteiger partial charge in [-0.1, -0.05) is 17.7 Å². The van der Waals surface area contributed by atoms with Crippen LogP contribution in [0.25, 0.3) is 0 Å². The van der Waals surface area contributed by atoms with Gasteiger partial charge in [-0.15, -0.1) is 11.8 Å². The Balaban J connectivity index is 1.45. The van der Waals surface area contributed by atoms with Crippen molar-refractivity contribution in [2.75, 3.05) is 12.8 Å². The first-order chi connectivity index (χ1) is 10.1. The van der Waals surface area contributed by atoms with Crippen molar-refractivity contribution < 1.29 is 4.79 Å². The van der Waals surface area contributed by atoms with E-state index < -0.39 is 0 Å². The Kier molecular flexibility index (Phi) is 4.55. The number of piperidine rings is 1. The zero-order valence-corrected chi connectivity index (χ0v) is 13.7. The van der Waals surface area contributed by atoms with E-state index in [4.69, 9.17) is 0 Å². The molecule has 2 aliphatic rings. The lowest BCUT2D eigenvalue weighted by Crippen LogP contribution is -2.49. The molecule has 1 aromatic rings. The van der Waals surface area contributed by atoms with Gasteiger partial charge in [0.2, 0.25) is 5.91 Å². The second kappa shape index (κ2) is 6.41. The van der Waals surface area contributed by atoms with Gasteiger partial charge in [0.15, 0.2) is 0 Å². The lowest BCUT2D eigenvalue weighted by molar-refractivity contribution is -0.119. The van der Waals surface area contributed by atoms with Crippen LogP contribution in [0.1, 0.15) is 31.2 Å². The number of hydrogen-bond acceptors (Lipinski definition) is 3. The lowest BCUT2D eigenvalue weighted by atomic mass is 9.98. The predicted molar refractivity (Wildman–Crippen MR) is 87.6 cm³/mol. The van der Waals surface area contributed by atoms with Gasteiger partial charge in [0, 0.05) is 23.0 Å². The molecular weight excluding hydrogens is 280 g/mol. The van der Waals surface area contributed by atoms with E-state index in [1.807, 2.05) is 0 Å². The maximum atomic E-state index is 12.1. The molecule has 1 aromatic carbocycles. The Labute approximate surface area is 131 Å². The molecule has 0 radical (unpaired) electrons. The van der Waals surface area contributed by atoms with Gasteiger partial charge in [-0.3, -0.25) is 4.79 Å². The molecule has 4 heteroatoms. The summed E-state index contributed by atoms with van der Waals surface area (Å²) in [5.74, 6) is 0.694. The van der Waals surface area contributed by atoms with Gasteiger partial charge in [0.25, 0.3) is 0 Å². The third kappa shape index (κ3) is 3.61. The van der Waals surface area contributed by atoms with E-state index >= 15 is 0 Å². The van der Waals surface area contributed by atoms with Crippen LogP contribution >= 0.6 is 11.8 Å². The van der Waals surface area contributed by atoms with E-state index in [-0.39, 0.29) is 5.91 Å². The molecule has 1 N–H and O–H groups in total. The average molecular weight is 304 g/mol. The number of thioether (sulfide) groups is 1. The van der Waals surface area contributed by atoms with Gasteiger partial charge < -0.3 is 10.2 Å². The summed E-state index contributed by atoms with van der Waals surface area (Å²) in [5.41, 5.74) is 1.26. The van der Waals surface area contributed by atoms with Crippen LogP contribution in [0, 0.1) is 6.92 Å². The fraction of sp³-hybridized carbons (Fsp3) is 0.588. The molecule has 0 aromatic heterocycles. The highest BCUT2D eigenvalue weighted by Gasteiger charge is 2.38. The normalized spacial score (nSPS) is 28.6. The molecule has 3 nitrogen and oxygen atoms in total. The molecule has 2 heterocycles. The number of carbonyl (C=O) groups excluding carboxylic acids is 1. The number of amides is 1. The highest BCUT2D eigenvalue weighted by atomic mass is 32.2. The second-order valence-electron chi connectivity index (χ2n) is 6.39. The topological polar surface area (TPSA) is 32.3 Å². The molecule has 2 bridgehead atoms. The van der Waals surface area contributed by atoms with Gasteiger partial charge in [-0.25, -0.2) is 0 Å². The monoisotopic (exact) mass is 304 g/mol. The van der Waals surface area contributed by atoms with Gasteiger partial charge in [-0.2, -0.15) is 0 Å². The number of fused-ring (bicyclic) bond motifs is 2. The number of carbonyl (C=O) groups is 1. The first-order valence-corrected chi connectivity index (χ1v) is 8.81. The molecule has 114 valence electrons. The van der Waals surface area contributed by atoms with Crippen LogP contribution in [0.4, 0.5) is 0 Å². The Morgan fingerprint density at radius 3 is 2.48 bits per heavy atom. The molecule has 0 aliphatic carbocycles. The maximum absolute atomic E-state index is 12.1. The molecule has 2 saturated heterocycles. The van der Waals surface area contributed by atoms with Crippen molar-refractivity contribution in [3.63, 3.8) is 0 Å². The van der Waals surface area contributed by atoms with Crippen LogP contribution in [-0.2, 0) is 4.79 Å². The van der Waals surface area contributed by atoms with Crippen molar-refractivity contribution in [1.29, 1.82) is 0 Å². The number of aryl methyl sites for hydroxylation is 1. The van der Waals surface area contributed by atoms with Crippen molar-refractivity contribution in [2.24, 2.45) is 0 Å². The van der Waals surface area contributed by atoms with Crippen LogP contribution in [0.3, 0.4) is 0 Å². The van der Waals surface area contributed by atoms with E-state index in [0.717, 1.165) is 12.8 Å². The molecular formula is C17H24N2OS. The van der Waals surface area contributed by atoms with Gasteiger partial charge in [-0.05, 0) is 51.8 Å². The molecule has 1 amide bonds. The second-order valence-corrected chi connectivity index (χ2v) is 7.44. The summed E-state index contributed by atoms with van der Waals surface area (Å²) >= 11 is 1.62. The minimum absolute atomic E-state index is 0.175. The largest absolute Gasteiger partial charge is 0.353 e. The molecule has 2 aliphatic heterocycles. The van der Waals surface area contributed by atoms with Crippen LogP contribution in [0.2, 0.25) is 0 Å². The zero-order valence-electron chi connectivity index (χ0n) is 12.8. The fourth-order valence-electron chi connectivity index (χ4n) is 3.58. The first kappa shape index (κ1) is 14.9. The van der Waals surface area contributed by atoms with Crippen molar-refractivity contribution in [3.8, 4) is 0 Å². The van der Waals surface area contributed by atoms with Gasteiger partial charge >= 0.3 is 0 Å². The summed E-state index contributed by atoms with van der Waals surface area (Å²) in [6, 6.07) is 10.1. The number of benzene rings is 1. The molecule has 0 unspecified atom stereocenters. The smallest absolute Gasteiger partial charge is 0.230 e. The van der Waals surface area contributed by atoms with E-state index in [2.05, 4.69) is 48.5 Å². The minimum atomic E-state index is 0.175. The number of nitrogens with one attached hydrogen (secondary N) is 1. The Morgan fingerprint density at radius 2 is 1.86 bits per heavy atom. The summed E-state index contributed by atoms with van der Waals surface area (Å²) in [6.45, 7) is 2.08. The van der Waals surface area contributed by atoms with Gasteiger partial charge in [0.1, 0.15) is 0 Å². The highest BCUT2D eigenvalue weighted by molar-refractivity contribution is 8.00. The summed E-state index contributed by atoms with van der Waals surface area (Å²) < 4.78 is 0. The van der Waals surface area contributed by atoms with Crippen molar-refractivity contribution >= 4 is 17.7 Å². The first-order valence-electron chi connectivity index (χ1n) is 7.82. The van der Waals surface area contributed by atoms with Crippen molar-refractivity contribution in [3.05, 3.63) is 29.8 Å². The van der Waals surface area contributed by atoms with Crippen molar-refractivity contribution in [2.45, 2.75) is 55.6 Å². The highest BCUT2D eigenvalue weighted by Crippen LogP contribution is 2.34. The van der Waals surface area contributed by atoms with Crippen LogP contribution in [0.15, 0.2) is 29.2 Å². The summed E-state index contributed by atoms with van der Waals surface area (Å²) in [4.78, 5) is 15.8. The fourth-order valence-corrected chi connectivity index (χ4v) is 4.29. The predicted octanol–water partition coefficient (Wildman–Crippen LogP) is 2.83. The molecule has 3 rings (SSSR count). The molecule has 21 heavy (non-hydrogen) atoms. The Morgan fingerprint density at radius 1 is 1.24 bits per heavy atom. The van der Waals surface area contributed by atoms with Crippen LogP contribution in [0.5, 0.6) is 0 Å². The van der Waals surface area contributed by atoms with Crippen LogP contribution < -0.4 is 5.32 Å². The molecule has 0 saturated carbocycles. The standard InChI is InChI=1S/C17H24N2OS/c1-12-3-7-16(8-4-12)21-11-17(20)18-13-9-14-5-6-15(10-13)19(14)2/h3-4,7-8,13-15H,5-6,9-11H2,1-2H3,(H,18,20)/t14-,15-/m1/s1. The summed E-state index contributed by atoms with van der Waals surface area (Å²) in [7, 11) is 2.23. The number of nitrogens with zero attached hydrogens (tertiary/aromatic N) is 1. The molecule has 0 spiro atoms. The quantitative estimate of drug-likeness (QED) is 0.868. The van der Waals surface area contributed by atoms with E-state index in [1.54, 1.807) is 11.8 Å². The van der Waals surface area contributed by atoms with Crippen LogP contribution in [-0.4, -0.2) is 41.7 Å². The van der Waals surface area contributed by atoms with Crippen molar-refractivity contribution in [1.82, 2.24) is 10.2 Å². The minimum Gasteiger partial charge on any atom is -0.353 e. The number of hydrogen-bond donors (Lipinski definition) is 1. The average Bonchev–Trinajstić information content (AvgIpc) is 2.69. The van der Waals surface area contributed by atoms with E-state index in [1.165, 1.54) is 23.3 Å². The maximum Gasteiger partial charge on any atom is 0.230 e. The summed E-state index contributed by atoms with van der Waals surface area (Å²) in [6.07, 6.45) is 4.83. The third-order valence-corrected chi connectivity index (χ3v) is 5.87. The lowest BCUT2D eigenvalue weighted by Gasteiger charge is -2.36. The summed E-state index contributed by atoms with van der Waals surface area (Å²) in [5, 5.41) is 3.24. The van der Waals surface area contributed by atoms with E-state index in [0.29, 0.717) is 23.9 Å². The Bertz CT molecular complexity index is 488. The molecule has 2 atom stereocenters. The number of rotatable bonds is 4. The molecule has 2 fully saturated rings. The zero-order chi connectivity index (χ0) is 14.8. The third-order valence-electron chi connectivity index (χ3n) is 4.85. The van der Waals surface area contributed by atoms with E-state index in [9.17, 15) is 4.79 Å². The Hall–Kier alpha value is -1.00.